The van der Waals surface area contributed by atoms with Crippen LogP contribution in [0.1, 0.15) is 52.5 Å². The second-order valence-corrected chi connectivity index (χ2v) is 10.8. The van der Waals surface area contributed by atoms with Crippen LogP contribution in [0.15, 0.2) is 58.9 Å². The zero-order valence-electron chi connectivity index (χ0n) is 24.5. The van der Waals surface area contributed by atoms with E-state index in [0.717, 1.165) is 36.2 Å². The Morgan fingerprint density at radius 2 is 1.88 bits per heavy atom. The van der Waals surface area contributed by atoms with Crippen LogP contribution in [-0.2, 0) is 25.5 Å². The van der Waals surface area contributed by atoms with Crippen LogP contribution in [0.5, 0.6) is 0 Å². The maximum atomic E-state index is 13.5. The molecule has 0 bridgehead atoms. The lowest BCUT2D eigenvalue weighted by Gasteiger charge is -2.34. The van der Waals surface area contributed by atoms with Crippen molar-refractivity contribution in [3.63, 3.8) is 0 Å². The van der Waals surface area contributed by atoms with Crippen molar-refractivity contribution in [2.24, 2.45) is 0 Å². The fraction of sp³-hybridized carbons (Fsp3) is 0.548. The molecule has 2 fully saturated rings. The molecule has 40 heavy (non-hydrogen) atoms. The highest BCUT2D eigenvalue weighted by molar-refractivity contribution is 6.30. The second-order valence-electron chi connectivity index (χ2n) is 10.4. The highest BCUT2D eigenvalue weighted by Crippen LogP contribution is 2.25. The summed E-state index contributed by atoms with van der Waals surface area (Å²) in [6, 6.07) is 7.45. The predicted octanol–water partition coefficient (Wildman–Crippen LogP) is 5.48. The van der Waals surface area contributed by atoms with Gasteiger partial charge in [-0.15, -0.1) is 0 Å². The third-order valence-electron chi connectivity index (χ3n) is 7.43. The molecule has 2 amide bonds. The molecule has 1 aromatic carbocycles. The number of halogens is 1. The average Bonchev–Trinajstić information content (AvgIpc) is 2.97. The summed E-state index contributed by atoms with van der Waals surface area (Å²) in [6.45, 7) is 12.7. The Balaban J connectivity index is 1.85. The molecule has 0 aliphatic carbocycles. The first-order chi connectivity index (χ1) is 19.2. The Morgan fingerprint density at radius 3 is 2.48 bits per heavy atom. The fourth-order valence-corrected chi connectivity index (χ4v) is 4.96. The van der Waals surface area contributed by atoms with Crippen LogP contribution in [0.4, 0.5) is 4.79 Å². The van der Waals surface area contributed by atoms with Gasteiger partial charge in [-0.25, -0.2) is 4.79 Å². The fourth-order valence-electron chi connectivity index (χ4n) is 4.84. The largest absolute Gasteiger partial charge is 0.490 e. The maximum absolute atomic E-state index is 13.5. The lowest BCUT2D eigenvalue weighted by Crippen LogP contribution is -2.42. The first-order valence-electron chi connectivity index (χ1n) is 14.2. The first kappa shape index (κ1) is 31.7. The van der Waals surface area contributed by atoms with Crippen LogP contribution in [0.3, 0.4) is 0 Å². The normalized spacial score (nSPS) is 20.1. The van der Waals surface area contributed by atoms with Crippen LogP contribution < -0.4 is 5.32 Å². The molecule has 1 aromatic rings. The predicted molar refractivity (Wildman–Crippen MR) is 158 cm³/mol. The molecular weight excluding hydrogens is 530 g/mol. The summed E-state index contributed by atoms with van der Waals surface area (Å²) in [5.41, 5.74) is 3.58. The Labute approximate surface area is 244 Å². The second kappa shape index (κ2) is 15.8. The molecule has 2 aliphatic heterocycles. The van der Waals surface area contributed by atoms with Gasteiger partial charge in [0.05, 0.1) is 19.8 Å². The minimum Gasteiger partial charge on any atom is -0.490 e. The minimum absolute atomic E-state index is 0.0777. The number of rotatable bonds is 10. The molecule has 0 saturated carbocycles. The van der Waals surface area contributed by atoms with E-state index in [1.165, 1.54) is 7.11 Å². The summed E-state index contributed by atoms with van der Waals surface area (Å²) in [5, 5.41) is 3.73. The number of ether oxygens (including phenoxy) is 3. The zero-order valence-corrected chi connectivity index (χ0v) is 25.3. The van der Waals surface area contributed by atoms with Gasteiger partial charge in [-0.05, 0) is 51.0 Å². The molecule has 220 valence electrons. The molecule has 2 saturated heterocycles. The number of methoxy groups -OCH3 is 1. The van der Waals surface area contributed by atoms with Crippen molar-refractivity contribution < 1.29 is 23.8 Å². The number of nitrogens with one attached hydrogen (secondary N) is 1. The highest BCUT2D eigenvalue weighted by Gasteiger charge is 2.27. The van der Waals surface area contributed by atoms with Crippen molar-refractivity contribution in [2.75, 3.05) is 46.4 Å². The van der Waals surface area contributed by atoms with E-state index in [9.17, 15) is 9.59 Å². The van der Waals surface area contributed by atoms with Gasteiger partial charge in [0, 0.05) is 68.3 Å². The van der Waals surface area contributed by atoms with E-state index in [4.69, 9.17) is 25.8 Å². The number of amides is 2. The molecule has 1 unspecified atom stereocenters. The number of allylic oxidation sites excluding steroid dienone is 2. The van der Waals surface area contributed by atoms with Gasteiger partial charge >= 0.3 is 6.09 Å². The van der Waals surface area contributed by atoms with Crippen LogP contribution in [0.2, 0.25) is 5.02 Å². The number of hydrogen-bond donors (Lipinski definition) is 1. The molecule has 0 radical (unpaired) electrons. The van der Waals surface area contributed by atoms with E-state index >= 15 is 0 Å². The number of nitrogens with zero attached hydrogens (tertiary/aromatic N) is 2. The number of carbonyl (C=O) groups is 2. The molecule has 8 nitrogen and oxygen atoms in total. The van der Waals surface area contributed by atoms with Crippen LogP contribution in [0.25, 0.3) is 0 Å². The van der Waals surface area contributed by atoms with E-state index in [1.807, 2.05) is 51.1 Å². The summed E-state index contributed by atoms with van der Waals surface area (Å²) in [6.07, 6.45) is 5.86. The lowest BCUT2D eigenvalue weighted by molar-refractivity contribution is -0.117. The standard InChI is InChI=1S/C31H44ClN3O5/c1-6-22(3)28(30(36)33-19-24-8-10-26(32)11-9-24)18-29(25(7-2)21-34-16-17-39-23(4)20-34)40-27-12-14-35(15-13-27)31(37)38-5/h7-11,18,23,27H,6,12-17,19-21H2,1-5H3,(H,33,36)/b25-7-,28-22-,29-18+. The third kappa shape index (κ3) is 9.39. The van der Waals surface area contributed by atoms with Crippen molar-refractivity contribution >= 4 is 23.6 Å². The van der Waals surface area contributed by atoms with Gasteiger partial charge < -0.3 is 24.4 Å². The average molecular weight is 574 g/mol. The monoisotopic (exact) mass is 573 g/mol. The molecule has 1 atom stereocenters. The van der Waals surface area contributed by atoms with E-state index in [2.05, 4.69) is 23.2 Å². The van der Waals surface area contributed by atoms with E-state index in [-0.39, 0.29) is 24.2 Å². The van der Waals surface area contributed by atoms with Crippen molar-refractivity contribution in [1.82, 2.24) is 15.1 Å². The molecule has 3 rings (SSSR count). The number of likely N-dealkylation sites (tertiary alicyclic amines) is 1. The van der Waals surface area contributed by atoms with E-state index < -0.39 is 0 Å². The SMILES string of the molecule is C\C=C(CN1CCOC(C)C1)/C(=C\C(C(=O)NCc1ccc(Cl)cc1)=C(/C)CC)OC1CCN(C(=O)OC)CC1. The Morgan fingerprint density at radius 1 is 1.18 bits per heavy atom. The van der Waals surface area contributed by atoms with Gasteiger partial charge in [0.1, 0.15) is 11.9 Å². The van der Waals surface area contributed by atoms with Gasteiger partial charge in [-0.3, -0.25) is 9.69 Å². The zero-order chi connectivity index (χ0) is 29.1. The summed E-state index contributed by atoms with van der Waals surface area (Å²) >= 11 is 6.02. The van der Waals surface area contributed by atoms with Crippen molar-refractivity contribution in [3.8, 4) is 0 Å². The van der Waals surface area contributed by atoms with Gasteiger partial charge in [0.15, 0.2) is 0 Å². The van der Waals surface area contributed by atoms with Gasteiger partial charge in [-0.2, -0.15) is 0 Å². The Kier molecular flexibility index (Phi) is 12.6. The van der Waals surface area contributed by atoms with E-state index in [1.54, 1.807) is 4.90 Å². The summed E-state index contributed by atoms with van der Waals surface area (Å²) in [4.78, 5) is 29.5. The summed E-state index contributed by atoms with van der Waals surface area (Å²) < 4.78 is 17.3. The quantitative estimate of drug-likeness (QED) is 0.227. The van der Waals surface area contributed by atoms with E-state index in [0.29, 0.717) is 62.0 Å². The maximum Gasteiger partial charge on any atom is 0.409 e. The first-order valence-corrected chi connectivity index (χ1v) is 14.5. The topological polar surface area (TPSA) is 80.3 Å². The number of benzene rings is 1. The van der Waals surface area contributed by atoms with Crippen LogP contribution in [0, 0.1) is 0 Å². The summed E-state index contributed by atoms with van der Waals surface area (Å²) in [7, 11) is 1.40. The molecule has 9 heteroatoms. The Hall–Kier alpha value is -2.81. The molecule has 1 N–H and O–H groups in total. The number of hydrogen-bond acceptors (Lipinski definition) is 6. The number of piperidine rings is 1. The van der Waals surface area contributed by atoms with Crippen LogP contribution in [-0.4, -0.2) is 80.4 Å². The summed E-state index contributed by atoms with van der Waals surface area (Å²) in [5.74, 6) is 0.550. The lowest BCUT2D eigenvalue weighted by atomic mass is 10.0. The minimum atomic E-state index is -0.314. The van der Waals surface area contributed by atoms with Gasteiger partial charge in [0.25, 0.3) is 5.91 Å². The van der Waals surface area contributed by atoms with Crippen LogP contribution >= 0.6 is 11.6 Å². The Bertz CT molecular complexity index is 1090. The number of morpholine rings is 1. The highest BCUT2D eigenvalue weighted by atomic mass is 35.5. The molecule has 0 spiro atoms. The van der Waals surface area contributed by atoms with Gasteiger partial charge in [-0.1, -0.05) is 42.3 Å². The van der Waals surface area contributed by atoms with Crippen molar-refractivity contribution in [1.29, 1.82) is 0 Å². The molecular formula is C31H44ClN3O5. The molecule has 2 heterocycles. The smallest absolute Gasteiger partial charge is 0.409 e. The number of carbonyl (C=O) groups excluding carboxylic acids is 2. The van der Waals surface area contributed by atoms with Crippen molar-refractivity contribution in [2.45, 2.75) is 65.7 Å². The molecule has 2 aliphatic rings. The third-order valence-corrected chi connectivity index (χ3v) is 7.68. The van der Waals surface area contributed by atoms with Crippen molar-refractivity contribution in [3.05, 3.63) is 69.5 Å². The van der Waals surface area contributed by atoms with Gasteiger partial charge in [0.2, 0.25) is 0 Å². The molecule has 0 aromatic heterocycles.